The van der Waals surface area contributed by atoms with Crippen molar-refractivity contribution in [3.8, 4) is 0 Å². The van der Waals surface area contributed by atoms with Gasteiger partial charge in [-0.3, -0.25) is 0 Å². The summed E-state index contributed by atoms with van der Waals surface area (Å²) in [5.74, 6) is -0.228. The highest BCUT2D eigenvalue weighted by Crippen LogP contribution is 2.31. The molecule has 0 aliphatic heterocycles. The van der Waals surface area contributed by atoms with Crippen LogP contribution in [0.5, 0.6) is 0 Å². The SMILES string of the molecule is Cc1cc(F)cc(C)c1C(N)c1cccc(Cl)c1C. The molecule has 1 nitrogen and oxygen atoms in total. The average Bonchev–Trinajstić information content (AvgIpc) is 2.31. The van der Waals surface area contributed by atoms with Gasteiger partial charge in [-0.25, -0.2) is 4.39 Å². The molecule has 19 heavy (non-hydrogen) atoms. The quantitative estimate of drug-likeness (QED) is 0.862. The summed E-state index contributed by atoms with van der Waals surface area (Å²) in [6, 6.07) is 8.44. The van der Waals surface area contributed by atoms with Crippen LogP contribution in [0.25, 0.3) is 0 Å². The Morgan fingerprint density at radius 3 is 2.26 bits per heavy atom. The van der Waals surface area contributed by atoms with Gasteiger partial charge >= 0.3 is 0 Å². The molecule has 1 unspecified atom stereocenters. The second kappa shape index (κ2) is 5.32. The minimum Gasteiger partial charge on any atom is -0.320 e. The summed E-state index contributed by atoms with van der Waals surface area (Å²) in [6.45, 7) is 5.71. The molecule has 0 heterocycles. The van der Waals surface area contributed by atoms with Crippen LogP contribution < -0.4 is 5.73 Å². The third-order valence-electron chi connectivity index (χ3n) is 3.51. The molecule has 0 amide bonds. The van der Waals surface area contributed by atoms with Crippen molar-refractivity contribution in [1.82, 2.24) is 0 Å². The molecule has 0 aliphatic carbocycles. The maximum Gasteiger partial charge on any atom is 0.123 e. The van der Waals surface area contributed by atoms with Gasteiger partial charge in [-0.2, -0.15) is 0 Å². The molecule has 2 N–H and O–H groups in total. The molecule has 2 aromatic rings. The van der Waals surface area contributed by atoms with E-state index in [0.717, 1.165) is 27.8 Å². The number of hydrogen-bond acceptors (Lipinski definition) is 1. The first-order chi connectivity index (χ1) is 8.91. The molecule has 0 radical (unpaired) electrons. The van der Waals surface area contributed by atoms with Crippen molar-refractivity contribution >= 4 is 11.6 Å². The maximum atomic E-state index is 13.4. The van der Waals surface area contributed by atoms with E-state index in [1.165, 1.54) is 12.1 Å². The lowest BCUT2D eigenvalue weighted by molar-refractivity contribution is 0.623. The number of rotatable bonds is 2. The second-order valence-corrected chi connectivity index (χ2v) is 5.29. The molecule has 1 atom stereocenters. The monoisotopic (exact) mass is 277 g/mol. The van der Waals surface area contributed by atoms with Crippen molar-refractivity contribution in [2.24, 2.45) is 5.73 Å². The summed E-state index contributed by atoms with van der Waals surface area (Å²) in [7, 11) is 0. The fourth-order valence-corrected chi connectivity index (χ4v) is 2.71. The molecule has 0 spiro atoms. The lowest BCUT2D eigenvalue weighted by Gasteiger charge is -2.20. The molecule has 2 rings (SSSR count). The van der Waals surface area contributed by atoms with Crippen molar-refractivity contribution < 1.29 is 4.39 Å². The summed E-state index contributed by atoms with van der Waals surface area (Å²) in [6.07, 6.45) is 0. The topological polar surface area (TPSA) is 26.0 Å². The molecule has 0 aromatic heterocycles. The zero-order valence-corrected chi connectivity index (χ0v) is 12.1. The Labute approximate surface area is 118 Å². The number of aryl methyl sites for hydroxylation is 2. The third-order valence-corrected chi connectivity index (χ3v) is 3.92. The Morgan fingerprint density at radius 2 is 1.68 bits per heavy atom. The first-order valence-corrected chi connectivity index (χ1v) is 6.57. The first kappa shape index (κ1) is 14.0. The van der Waals surface area contributed by atoms with Crippen LogP contribution in [0.3, 0.4) is 0 Å². The standard InChI is InChI=1S/C16H17ClFN/c1-9-7-12(18)8-10(2)15(9)16(19)13-5-4-6-14(17)11(13)3/h4-8,16H,19H2,1-3H3. The molecule has 0 saturated carbocycles. The molecule has 0 saturated heterocycles. The predicted octanol–water partition coefficient (Wildman–Crippen LogP) is 4.45. The highest BCUT2D eigenvalue weighted by atomic mass is 35.5. The summed E-state index contributed by atoms with van der Waals surface area (Å²) < 4.78 is 13.4. The van der Waals surface area contributed by atoms with E-state index in [2.05, 4.69) is 0 Å². The van der Waals surface area contributed by atoms with Gasteiger partial charge in [-0.15, -0.1) is 0 Å². The highest BCUT2D eigenvalue weighted by Gasteiger charge is 2.17. The lowest BCUT2D eigenvalue weighted by Crippen LogP contribution is -2.16. The van der Waals surface area contributed by atoms with Crippen LogP contribution in [0.2, 0.25) is 5.02 Å². The van der Waals surface area contributed by atoms with E-state index in [4.69, 9.17) is 17.3 Å². The Kier molecular flexibility index (Phi) is 3.93. The van der Waals surface area contributed by atoms with Crippen LogP contribution in [0, 0.1) is 26.6 Å². The lowest BCUT2D eigenvalue weighted by atomic mass is 9.90. The van der Waals surface area contributed by atoms with Gasteiger partial charge in [-0.1, -0.05) is 23.7 Å². The molecule has 100 valence electrons. The van der Waals surface area contributed by atoms with Gasteiger partial charge in [-0.05, 0) is 66.8 Å². The smallest absolute Gasteiger partial charge is 0.123 e. The Hall–Kier alpha value is -1.38. The van der Waals surface area contributed by atoms with Crippen LogP contribution in [0.4, 0.5) is 4.39 Å². The van der Waals surface area contributed by atoms with Crippen LogP contribution in [-0.2, 0) is 0 Å². The van der Waals surface area contributed by atoms with Crippen molar-refractivity contribution in [2.45, 2.75) is 26.8 Å². The minimum atomic E-state index is -0.292. The van der Waals surface area contributed by atoms with Crippen LogP contribution in [0.1, 0.15) is 33.9 Å². The van der Waals surface area contributed by atoms with Gasteiger partial charge in [0.05, 0.1) is 6.04 Å². The van der Waals surface area contributed by atoms with Crippen molar-refractivity contribution in [3.05, 3.63) is 69.0 Å². The van der Waals surface area contributed by atoms with Gasteiger partial charge in [0.2, 0.25) is 0 Å². The van der Waals surface area contributed by atoms with Crippen LogP contribution in [0.15, 0.2) is 30.3 Å². The average molecular weight is 278 g/mol. The largest absolute Gasteiger partial charge is 0.320 e. The number of hydrogen-bond donors (Lipinski definition) is 1. The van der Waals surface area contributed by atoms with Crippen molar-refractivity contribution in [3.63, 3.8) is 0 Å². The molecule has 0 aliphatic rings. The van der Waals surface area contributed by atoms with E-state index >= 15 is 0 Å². The van der Waals surface area contributed by atoms with E-state index in [1.807, 2.05) is 39.0 Å². The Balaban J connectivity index is 2.56. The second-order valence-electron chi connectivity index (χ2n) is 4.88. The maximum absolute atomic E-state index is 13.4. The Morgan fingerprint density at radius 1 is 1.11 bits per heavy atom. The number of halogens is 2. The first-order valence-electron chi connectivity index (χ1n) is 6.19. The Bertz CT molecular complexity index is 599. The van der Waals surface area contributed by atoms with E-state index in [-0.39, 0.29) is 11.9 Å². The predicted molar refractivity (Wildman–Crippen MR) is 78.1 cm³/mol. The van der Waals surface area contributed by atoms with Crippen LogP contribution >= 0.6 is 11.6 Å². The number of benzene rings is 2. The van der Waals surface area contributed by atoms with Gasteiger partial charge in [0.1, 0.15) is 5.82 Å². The summed E-state index contributed by atoms with van der Waals surface area (Å²) in [5, 5.41) is 0.699. The van der Waals surface area contributed by atoms with Gasteiger partial charge < -0.3 is 5.73 Å². The molecular formula is C16H17ClFN. The summed E-state index contributed by atoms with van der Waals surface area (Å²) in [4.78, 5) is 0. The molecular weight excluding hydrogens is 261 g/mol. The number of nitrogens with two attached hydrogens (primary N) is 1. The van der Waals surface area contributed by atoms with Crippen molar-refractivity contribution in [2.75, 3.05) is 0 Å². The van der Waals surface area contributed by atoms with Crippen LogP contribution in [-0.4, -0.2) is 0 Å². The van der Waals surface area contributed by atoms with Gasteiger partial charge in [0.25, 0.3) is 0 Å². The third kappa shape index (κ3) is 2.65. The highest BCUT2D eigenvalue weighted by molar-refractivity contribution is 6.31. The van der Waals surface area contributed by atoms with Gasteiger partial charge in [0, 0.05) is 5.02 Å². The molecule has 0 fully saturated rings. The molecule has 0 bridgehead atoms. The zero-order valence-electron chi connectivity index (χ0n) is 11.3. The van der Waals surface area contributed by atoms with Gasteiger partial charge in [0.15, 0.2) is 0 Å². The minimum absolute atomic E-state index is 0.228. The van der Waals surface area contributed by atoms with E-state index < -0.39 is 0 Å². The fourth-order valence-electron chi connectivity index (χ4n) is 2.53. The van der Waals surface area contributed by atoms with E-state index in [9.17, 15) is 4.39 Å². The summed E-state index contributed by atoms with van der Waals surface area (Å²) in [5.41, 5.74) is 11.0. The van der Waals surface area contributed by atoms with E-state index in [1.54, 1.807) is 0 Å². The molecule has 3 heteroatoms. The fraction of sp³-hybridized carbons (Fsp3) is 0.250. The van der Waals surface area contributed by atoms with Crippen molar-refractivity contribution in [1.29, 1.82) is 0 Å². The molecule has 2 aromatic carbocycles. The normalized spacial score (nSPS) is 12.5. The van der Waals surface area contributed by atoms with E-state index in [0.29, 0.717) is 5.02 Å². The summed E-state index contributed by atoms with van der Waals surface area (Å²) >= 11 is 6.13. The zero-order chi connectivity index (χ0) is 14.2.